The van der Waals surface area contributed by atoms with Gasteiger partial charge in [0.2, 0.25) is 5.91 Å². The van der Waals surface area contributed by atoms with Crippen LogP contribution in [0.5, 0.6) is 0 Å². The number of pyridine rings is 1. The van der Waals surface area contributed by atoms with Gasteiger partial charge in [-0.3, -0.25) is 9.78 Å². The van der Waals surface area contributed by atoms with E-state index in [0.717, 1.165) is 17.7 Å². The highest BCUT2D eigenvalue weighted by molar-refractivity contribution is 7.80. The van der Waals surface area contributed by atoms with E-state index in [0.29, 0.717) is 18.7 Å². The maximum Gasteiger partial charge on any atom is 0.227 e. The third-order valence-electron chi connectivity index (χ3n) is 3.61. The van der Waals surface area contributed by atoms with Crippen LogP contribution in [0.1, 0.15) is 23.2 Å². The molecule has 0 spiro atoms. The average Bonchev–Trinajstić information content (AvgIpc) is 2.50. The van der Waals surface area contributed by atoms with Crippen molar-refractivity contribution in [2.45, 2.75) is 19.4 Å². The molecule has 1 aliphatic heterocycles. The van der Waals surface area contributed by atoms with Crippen molar-refractivity contribution in [2.75, 3.05) is 4.90 Å². The number of aromatic nitrogens is 1. The van der Waals surface area contributed by atoms with Gasteiger partial charge in [-0.2, -0.15) is 0 Å². The summed E-state index contributed by atoms with van der Waals surface area (Å²) >= 11 is 4.95. The van der Waals surface area contributed by atoms with Crippen molar-refractivity contribution in [1.29, 1.82) is 0 Å². The van der Waals surface area contributed by atoms with Gasteiger partial charge in [0.25, 0.3) is 0 Å². The zero-order chi connectivity index (χ0) is 14.8. The molecule has 1 aromatic heterocycles. The fourth-order valence-corrected chi connectivity index (χ4v) is 2.67. The molecular weight excluding hydrogens is 282 g/mol. The zero-order valence-corrected chi connectivity index (χ0v) is 12.3. The Labute approximate surface area is 128 Å². The van der Waals surface area contributed by atoms with Crippen molar-refractivity contribution < 1.29 is 4.79 Å². The molecule has 0 aliphatic carbocycles. The Balaban J connectivity index is 1.92. The lowest BCUT2D eigenvalue weighted by Gasteiger charge is -2.29. The molecule has 0 unspecified atom stereocenters. The van der Waals surface area contributed by atoms with E-state index in [1.807, 2.05) is 35.2 Å². The van der Waals surface area contributed by atoms with Crippen LogP contribution in [0.4, 0.5) is 5.69 Å². The lowest BCUT2D eigenvalue weighted by atomic mass is 10.0. The van der Waals surface area contributed by atoms with Crippen LogP contribution in [0.15, 0.2) is 42.6 Å². The van der Waals surface area contributed by atoms with E-state index in [1.54, 1.807) is 6.20 Å². The smallest absolute Gasteiger partial charge is 0.227 e. The molecule has 2 heterocycles. The Morgan fingerprint density at radius 3 is 2.90 bits per heavy atom. The third-order valence-corrected chi connectivity index (χ3v) is 3.82. The lowest BCUT2D eigenvalue weighted by Crippen LogP contribution is -2.34. The van der Waals surface area contributed by atoms with Gasteiger partial charge in [-0.25, -0.2) is 0 Å². The molecule has 2 aromatic rings. The molecular formula is C16H15N3OS. The number of thiocarbonyl (C=S) groups is 1. The minimum atomic E-state index is 0.141. The van der Waals surface area contributed by atoms with Gasteiger partial charge in [0.15, 0.2) is 0 Å². The van der Waals surface area contributed by atoms with Gasteiger partial charge < -0.3 is 10.6 Å². The summed E-state index contributed by atoms with van der Waals surface area (Å²) in [6.07, 6.45) is 3.02. The van der Waals surface area contributed by atoms with Crippen LogP contribution < -0.4 is 10.6 Å². The van der Waals surface area contributed by atoms with E-state index in [2.05, 4.69) is 11.1 Å². The summed E-state index contributed by atoms with van der Waals surface area (Å²) in [4.78, 5) is 18.4. The molecule has 1 aromatic carbocycles. The van der Waals surface area contributed by atoms with E-state index >= 15 is 0 Å². The zero-order valence-electron chi connectivity index (χ0n) is 11.5. The summed E-state index contributed by atoms with van der Waals surface area (Å²) in [6, 6.07) is 11.7. The van der Waals surface area contributed by atoms with Gasteiger partial charge in [-0.05, 0) is 35.7 Å². The first-order valence-electron chi connectivity index (χ1n) is 6.78. The van der Waals surface area contributed by atoms with Crippen molar-refractivity contribution >= 4 is 28.8 Å². The quantitative estimate of drug-likeness (QED) is 0.882. The number of para-hydroxylation sites is 1. The van der Waals surface area contributed by atoms with Crippen LogP contribution in [-0.2, 0) is 17.8 Å². The van der Waals surface area contributed by atoms with Crippen molar-refractivity contribution in [3.8, 4) is 0 Å². The lowest BCUT2D eigenvalue weighted by molar-refractivity contribution is -0.119. The normalized spacial score (nSPS) is 13.9. The third kappa shape index (κ3) is 2.78. The van der Waals surface area contributed by atoms with E-state index < -0.39 is 0 Å². The Hall–Kier alpha value is -2.27. The predicted octanol–water partition coefficient (Wildman–Crippen LogP) is 2.20. The second kappa shape index (κ2) is 5.61. The molecule has 0 saturated carbocycles. The van der Waals surface area contributed by atoms with Gasteiger partial charge in [-0.1, -0.05) is 30.4 Å². The Morgan fingerprint density at radius 1 is 1.29 bits per heavy atom. The van der Waals surface area contributed by atoms with E-state index in [9.17, 15) is 4.79 Å². The maximum atomic E-state index is 12.2. The first-order valence-corrected chi connectivity index (χ1v) is 7.19. The maximum absolute atomic E-state index is 12.2. The molecule has 1 amide bonds. The number of anilines is 1. The average molecular weight is 297 g/mol. The molecule has 0 radical (unpaired) electrons. The topological polar surface area (TPSA) is 59.2 Å². The van der Waals surface area contributed by atoms with Crippen molar-refractivity contribution in [1.82, 2.24) is 4.98 Å². The van der Waals surface area contributed by atoms with Crippen LogP contribution in [0.25, 0.3) is 0 Å². The number of nitrogens with two attached hydrogens (primary N) is 1. The largest absolute Gasteiger partial charge is 0.388 e. The molecule has 0 atom stereocenters. The van der Waals surface area contributed by atoms with E-state index in [4.69, 9.17) is 18.0 Å². The number of hydrogen-bond acceptors (Lipinski definition) is 3. The first-order chi connectivity index (χ1) is 10.1. The van der Waals surface area contributed by atoms with Crippen molar-refractivity contribution in [3.05, 3.63) is 59.4 Å². The molecule has 0 saturated heterocycles. The molecule has 21 heavy (non-hydrogen) atoms. The van der Waals surface area contributed by atoms with E-state index in [-0.39, 0.29) is 10.9 Å². The highest BCUT2D eigenvalue weighted by atomic mass is 32.1. The summed E-state index contributed by atoms with van der Waals surface area (Å²) in [5.74, 6) is 0.141. The van der Waals surface area contributed by atoms with Crippen molar-refractivity contribution in [3.63, 3.8) is 0 Å². The molecule has 106 valence electrons. The van der Waals surface area contributed by atoms with Crippen molar-refractivity contribution in [2.24, 2.45) is 5.73 Å². The number of rotatable bonds is 3. The Bertz CT molecular complexity index is 714. The highest BCUT2D eigenvalue weighted by Crippen LogP contribution is 2.28. The second-order valence-electron chi connectivity index (χ2n) is 5.02. The van der Waals surface area contributed by atoms with Gasteiger partial charge >= 0.3 is 0 Å². The van der Waals surface area contributed by atoms with Gasteiger partial charge in [-0.15, -0.1) is 0 Å². The Morgan fingerprint density at radius 2 is 2.10 bits per heavy atom. The molecule has 4 nitrogen and oxygen atoms in total. The summed E-state index contributed by atoms with van der Waals surface area (Å²) < 4.78 is 0. The number of carbonyl (C=O) groups excluding carboxylic acids is 1. The highest BCUT2D eigenvalue weighted by Gasteiger charge is 2.23. The molecule has 1 aliphatic rings. The van der Waals surface area contributed by atoms with Gasteiger partial charge in [0.05, 0.1) is 12.2 Å². The number of hydrogen-bond donors (Lipinski definition) is 1. The van der Waals surface area contributed by atoms with Gasteiger partial charge in [0, 0.05) is 18.3 Å². The monoisotopic (exact) mass is 297 g/mol. The SMILES string of the molecule is NC(=S)c1cc(CN2C(=O)CCc3ccccc32)ccn1. The van der Waals surface area contributed by atoms with Crippen LogP contribution in [0.3, 0.4) is 0 Å². The second-order valence-corrected chi connectivity index (χ2v) is 5.46. The number of amides is 1. The summed E-state index contributed by atoms with van der Waals surface area (Å²) in [5.41, 5.74) is 9.36. The molecule has 0 fully saturated rings. The number of carbonyl (C=O) groups is 1. The fraction of sp³-hybridized carbons (Fsp3) is 0.188. The number of benzene rings is 1. The van der Waals surface area contributed by atoms with E-state index in [1.165, 1.54) is 5.56 Å². The standard InChI is InChI=1S/C16H15N3OS/c17-16(21)13-9-11(7-8-18-13)10-19-14-4-2-1-3-12(14)5-6-15(19)20/h1-4,7-9H,5-6,10H2,(H2,17,21). The number of nitrogens with zero attached hydrogens (tertiary/aromatic N) is 2. The minimum Gasteiger partial charge on any atom is -0.388 e. The summed E-state index contributed by atoms with van der Waals surface area (Å²) in [5, 5.41) is 0. The number of aryl methyl sites for hydroxylation is 1. The number of fused-ring (bicyclic) bond motifs is 1. The first kappa shape index (κ1) is 13.7. The van der Waals surface area contributed by atoms with Crippen LogP contribution in [0.2, 0.25) is 0 Å². The fourth-order valence-electron chi connectivity index (χ4n) is 2.56. The van der Waals surface area contributed by atoms with Crippen LogP contribution >= 0.6 is 12.2 Å². The molecule has 2 N–H and O–H groups in total. The van der Waals surface area contributed by atoms with Gasteiger partial charge in [0.1, 0.15) is 4.99 Å². The predicted molar refractivity (Wildman–Crippen MR) is 86.1 cm³/mol. The molecule has 3 rings (SSSR count). The van der Waals surface area contributed by atoms with Crippen LogP contribution in [-0.4, -0.2) is 15.9 Å². The van der Waals surface area contributed by atoms with Crippen LogP contribution in [0, 0.1) is 0 Å². The minimum absolute atomic E-state index is 0.141. The molecule has 0 bridgehead atoms. The molecule has 5 heteroatoms. The Kier molecular flexibility index (Phi) is 3.66. The summed E-state index contributed by atoms with van der Waals surface area (Å²) in [7, 11) is 0. The summed E-state index contributed by atoms with van der Waals surface area (Å²) in [6.45, 7) is 0.508.